The van der Waals surface area contributed by atoms with Gasteiger partial charge in [-0.05, 0) is 25.0 Å². The summed E-state index contributed by atoms with van der Waals surface area (Å²) in [5.41, 5.74) is 12.3. The quantitative estimate of drug-likeness (QED) is 0.100. The Morgan fingerprint density at radius 3 is 2.28 bits per heavy atom. The number of rotatable bonds is 8. The molecule has 3 aromatic heterocycles. The molecule has 4 aromatic rings. The van der Waals surface area contributed by atoms with Crippen LogP contribution >= 0.6 is 11.3 Å². The number of halogens is 2. The second-order valence-corrected chi connectivity index (χ2v) is 10.8. The summed E-state index contributed by atoms with van der Waals surface area (Å²) in [6, 6.07) is 8.11. The zero-order valence-corrected chi connectivity index (χ0v) is 25.6. The van der Waals surface area contributed by atoms with Gasteiger partial charge in [0.05, 0.1) is 31.9 Å². The number of ether oxygens (including phenoxy) is 1. The van der Waals surface area contributed by atoms with Gasteiger partial charge in [0.25, 0.3) is 0 Å². The highest BCUT2D eigenvalue weighted by Crippen LogP contribution is 2.19. The lowest BCUT2D eigenvalue weighted by molar-refractivity contribution is -2.00. The number of aliphatic hydroxyl groups excluding tert-OH is 1. The van der Waals surface area contributed by atoms with Crippen LogP contribution in [0.3, 0.4) is 0 Å². The van der Waals surface area contributed by atoms with Gasteiger partial charge in [-0.3, -0.25) is 4.79 Å². The molecule has 5 N–H and O–H groups in total. The van der Waals surface area contributed by atoms with Crippen molar-refractivity contribution in [3.8, 4) is 0 Å². The van der Waals surface area contributed by atoms with Crippen molar-refractivity contribution in [3.05, 3.63) is 69.7 Å². The van der Waals surface area contributed by atoms with E-state index in [-0.39, 0.29) is 5.97 Å². The van der Waals surface area contributed by atoms with E-state index in [1.54, 1.807) is 17.5 Å². The maximum atomic E-state index is 12.2. The minimum Gasteiger partial charge on any atom is -0.465 e. The Morgan fingerprint density at radius 1 is 1.07 bits per heavy atom. The predicted octanol–water partition coefficient (Wildman–Crippen LogP) is -6.00. The number of benzene rings is 1. The van der Waals surface area contributed by atoms with E-state index < -0.39 is 20.5 Å². The van der Waals surface area contributed by atoms with E-state index in [9.17, 15) is 4.79 Å². The number of hydrogen-bond acceptors (Lipinski definition) is 15. The van der Waals surface area contributed by atoms with Gasteiger partial charge in [0.2, 0.25) is 5.51 Å². The van der Waals surface area contributed by atoms with Crippen LogP contribution in [0.25, 0.3) is 10.9 Å². The van der Waals surface area contributed by atoms with Crippen molar-refractivity contribution >= 4 is 34.0 Å². The Kier molecular flexibility index (Phi) is 15.8. The highest BCUT2D eigenvalue weighted by Gasteiger charge is 2.18. The standard InChI is InChI=1S/C23H26N5O2S.CH4O.2ClHO4/c1-15-21(31-14-28(15)13-18-12-25-16(2)27-23(18)24)9-10-30-22(29)8-7-17-11-26-20-6-4-3-5-19(17)20;1-2;2*2-1(3,4)5/h3-6,11-12,14,26H,7-10,13H2,1-2H3,(H2,24,25,27);2H,1H3;2*(H,2,3,4,5)/q+1;;;/p-1. The van der Waals surface area contributed by atoms with Crippen LogP contribution < -0.4 is 42.9 Å². The van der Waals surface area contributed by atoms with E-state index >= 15 is 0 Å². The normalized spacial score (nSPS) is 11.0. The summed E-state index contributed by atoms with van der Waals surface area (Å²) < 4.78 is 74.3. The van der Waals surface area contributed by atoms with Gasteiger partial charge in [0, 0.05) is 50.2 Å². The third-order valence-corrected chi connectivity index (χ3v) is 6.53. The lowest BCUT2D eigenvalue weighted by Gasteiger charge is -2.17. The first-order valence-electron chi connectivity index (χ1n) is 12.0. The third kappa shape index (κ3) is 15.8. The summed E-state index contributed by atoms with van der Waals surface area (Å²) in [5, 5.41) is 8.16. The number of anilines is 1. The number of carbonyl (C=O) groups excluding carboxylic acids is 1. The number of carbonyl (C=O) groups is 1. The molecule has 0 radical (unpaired) electrons. The number of aryl methyl sites for hydroxylation is 2. The van der Waals surface area contributed by atoms with Crippen molar-refractivity contribution in [1.82, 2.24) is 15.0 Å². The van der Waals surface area contributed by atoms with Gasteiger partial charge < -0.3 is 20.6 Å². The molecule has 19 heteroatoms. The predicted molar refractivity (Wildman–Crippen MR) is 131 cm³/mol. The summed E-state index contributed by atoms with van der Waals surface area (Å²) in [7, 11) is -8.64. The number of aromatic amines is 1. The molecule has 0 saturated heterocycles. The minimum absolute atomic E-state index is 0.169. The average Bonchev–Trinajstić information content (AvgIpc) is 3.47. The van der Waals surface area contributed by atoms with Gasteiger partial charge in [-0.15, -0.1) is 10.2 Å². The number of esters is 1. The van der Waals surface area contributed by atoms with Gasteiger partial charge in [-0.1, -0.05) is 29.5 Å². The molecule has 0 atom stereocenters. The van der Waals surface area contributed by atoms with E-state index in [0.717, 1.165) is 34.8 Å². The number of thiazole rings is 1. The summed E-state index contributed by atoms with van der Waals surface area (Å²) in [6.07, 6.45) is 5.48. The molecule has 0 aliphatic heterocycles. The molecule has 16 nitrogen and oxygen atoms in total. The molecule has 4 rings (SSSR count). The number of aromatic nitrogens is 4. The number of nitrogen functional groups attached to an aromatic ring is 1. The zero-order chi connectivity index (χ0) is 32.8. The van der Waals surface area contributed by atoms with E-state index in [0.29, 0.717) is 44.1 Å². The molecule has 1 aromatic carbocycles. The van der Waals surface area contributed by atoms with Gasteiger partial charge >= 0.3 is 5.97 Å². The number of fused-ring (bicyclic) bond motifs is 1. The number of hydrogen-bond donors (Lipinski definition) is 4. The second kappa shape index (κ2) is 17.9. The van der Waals surface area contributed by atoms with Crippen molar-refractivity contribution in [3.63, 3.8) is 0 Å². The van der Waals surface area contributed by atoms with Crippen LogP contribution in [0.5, 0.6) is 0 Å². The molecule has 3 heterocycles. The molecule has 43 heavy (non-hydrogen) atoms. The fourth-order valence-corrected chi connectivity index (χ4v) is 4.55. The van der Waals surface area contributed by atoms with E-state index in [2.05, 4.69) is 38.0 Å². The maximum absolute atomic E-state index is 12.2. The fourth-order valence-electron chi connectivity index (χ4n) is 3.57. The van der Waals surface area contributed by atoms with E-state index in [1.165, 1.54) is 4.88 Å². The smallest absolute Gasteiger partial charge is 0.306 e. The topological polar surface area (TPSA) is 300 Å². The first kappa shape index (κ1) is 38.0. The molecule has 0 unspecified atom stereocenters. The van der Waals surface area contributed by atoms with Crippen LogP contribution in [-0.2, 0) is 28.9 Å². The average molecular weight is 669 g/mol. The maximum Gasteiger partial charge on any atom is 0.306 e. The van der Waals surface area contributed by atoms with Gasteiger partial charge in [0.15, 0.2) is 12.2 Å². The SMILES string of the molecule is CO.Cc1ncc(C[n+]2csc(CCOC(=O)CCc3c[nH]c4ccccc34)c2C)c(N)n1.[O-][Cl+3]([O-])([O-])O.[O-][Cl+3]([O-])([O-])[O-]. The first-order valence-corrected chi connectivity index (χ1v) is 15.3. The molecule has 0 amide bonds. The highest BCUT2D eigenvalue weighted by molar-refractivity contribution is 7.09. The van der Waals surface area contributed by atoms with Crippen molar-refractivity contribution < 1.29 is 77.0 Å². The van der Waals surface area contributed by atoms with Crippen LogP contribution in [-0.4, -0.2) is 44.4 Å². The summed E-state index contributed by atoms with van der Waals surface area (Å²) in [6.45, 7) is 4.89. The molecule has 238 valence electrons. The lowest BCUT2D eigenvalue weighted by Crippen LogP contribution is -2.68. The largest absolute Gasteiger partial charge is 0.465 e. The molecule has 0 aliphatic rings. The summed E-state index contributed by atoms with van der Waals surface area (Å²) in [4.78, 5) is 25.1. The number of para-hydroxylation sites is 1. The Bertz CT molecular complexity index is 1400. The van der Waals surface area contributed by atoms with Crippen LogP contribution in [0, 0.1) is 34.3 Å². The minimum atomic E-state index is -4.94. The van der Waals surface area contributed by atoms with Crippen LogP contribution in [0.4, 0.5) is 5.82 Å². The van der Waals surface area contributed by atoms with Crippen LogP contribution in [0.15, 0.2) is 42.2 Å². The molecule has 0 fully saturated rings. The molecular formula is C24H31Cl2N5O11S. The van der Waals surface area contributed by atoms with Crippen molar-refractivity contribution in [2.45, 2.75) is 39.7 Å². The number of nitrogens with two attached hydrogens (primary N) is 1. The Morgan fingerprint density at radius 2 is 1.67 bits per heavy atom. The molecule has 0 bridgehead atoms. The molecule has 0 spiro atoms. The van der Waals surface area contributed by atoms with E-state index in [4.69, 9.17) is 52.8 Å². The second-order valence-electron chi connectivity index (χ2n) is 8.29. The number of aliphatic hydroxyl groups is 1. The number of nitrogens with one attached hydrogen (secondary N) is 1. The molecular weight excluding hydrogens is 637 g/mol. The zero-order valence-electron chi connectivity index (χ0n) is 23.2. The van der Waals surface area contributed by atoms with Crippen LogP contribution in [0.2, 0.25) is 0 Å². The van der Waals surface area contributed by atoms with Crippen LogP contribution in [0.1, 0.15) is 33.9 Å². The number of H-pyrrole nitrogens is 1. The van der Waals surface area contributed by atoms with Crippen molar-refractivity contribution in [2.24, 2.45) is 0 Å². The first-order chi connectivity index (χ1) is 20.0. The molecule has 0 aliphatic carbocycles. The van der Waals surface area contributed by atoms with Gasteiger partial charge in [-0.25, -0.2) is 28.6 Å². The monoisotopic (exact) mass is 667 g/mol. The van der Waals surface area contributed by atoms with Gasteiger partial charge in [-0.2, -0.15) is 18.5 Å². The van der Waals surface area contributed by atoms with Crippen molar-refractivity contribution in [2.75, 3.05) is 19.5 Å². The summed E-state index contributed by atoms with van der Waals surface area (Å²) in [5.74, 6) is 1.01. The Hall–Kier alpha value is -3.04. The Labute approximate surface area is 254 Å². The molecule has 0 saturated carbocycles. The van der Waals surface area contributed by atoms with Crippen molar-refractivity contribution in [1.29, 1.82) is 0 Å². The third-order valence-electron chi connectivity index (χ3n) is 5.38. The number of nitrogens with zero attached hydrogens (tertiary/aromatic N) is 3. The fraction of sp³-hybridized carbons (Fsp3) is 0.333. The lowest BCUT2D eigenvalue weighted by atomic mass is 10.1. The van der Waals surface area contributed by atoms with E-state index in [1.807, 2.05) is 31.3 Å². The summed E-state index contributed by atoms with van der Waals surface area (Å²) >= 11 is 1.65. The van der Waals surface area contributed by atoms with Gasteiger partial charge in [0.1, 0.15) is 11.6 Å². The highest BCUT2D eigenvalue weighted by atomic mass is 35.7. The Balaban J connectivity index is 0.000000660.